The molecule has 0 atom stereocenters. The van der Waals surface area contributed by atoms with Gasteiger partial charge in [0.05, 0.1) is 17.8 Å². The Hall–Kier alpha value is -2.54. The summed E-state index contributed by atoms with van der Waals surface area (Å²) in [6.45, 7) is 3.28. The van der Waals surface area contributed by atoms with Crippen LogP contribution in [0.5, 0.6) is 5.75 Å². The fourth-order valence-corrected chi connectivity index (χ4v) is 3.29. The van der Waals surface area contributed by atoms with Gasteiger partial charge in [-0.15, -0.1) is 0 Å². The van der Waals surface area contributed by atoms with Crippen molar-refractivity contribution in [2.24, 2.45) is 5.92 Å². The fourth-order valence-electron chi connectivity index (χ4n) is 3.13. The first kappa shape index (κ1) is 19.2. The predicted molar refractivity (Wildman–Crippen MR) is 102 cm³/mol. The highest BCUT2D eigenvalue weighted by Crippen LogP contribution is 2.23. The van der Waals surface area contributed by atoms with E-state index in [0.717, 1.165) is 11.3 Å². The first-order valence-corrected chi connectivity index (χ1v) is 9.27. The zero-order valence-corrected chi connectivity index (χ0v) is 16.2. The molecular weight excluding hydrogens is 368 g/mol. The van der Waals surface area contributed by atoms with Crippen molar-refractivity contribution in [2.75, 3.05) is 20.2 Å². The smallest absolute Gasteiger partial charge is 0.275 e. The number of carbonyl (C=O) groups is 2. The highest BCUT2D eigenvalue weighted by Gasteiger charge is 2.29. The van der Waals surface area contributed by atoms with E-state index in [-0.39, 0.29) is 23.4 Å². The molecule has 8 heteroatoms. The molecule has 0 spiro atoms. The highest BCUT2D eigenvalue weighted by molar-refractivity contribution is 6.34. The van der Waals surface area contributed by atoms with Gasteiger partial charge in [0.1, 0.15) is 5.75 Å². The van der Waals surface area contributed by atoms with E-state index in [0.29, 0.717) is 43.2 Å². The molecule has 1 aromatic carbocycles. The van der Waals surface area contributed by atoms with Gasteiger partial charge in [0.25, 0.3) is 5.91 Å². The van der Waals surface area contributed by atoms with Crippen LogP contribution in [-0.4, -0.2) is 47.1 Å². The van der Waals surface area contributed by atoms with Crippen LogP contribution in [0, 0.1) is 12.8 Å². The Balaban J connectivity index is 1.48. The molecule has 1 aliphatic heterocycles. The largest absolute Gasteiger partial charge is 0.497 e. The summed E-state index contributed by atoms with van der Waals surface area (Å²) in [7, 11) is 1.62. The van der Waals surface area contributed by atoms with Crippen molar-refractivity contribution in [3.63, 3.8) is 0 Å². The van der Waals surface area contributed by atoms with E-state index in [1.807, 2.05) is 24.3 Å². The van der Waals surface area contributed by atoms with Crippen molar-refractivity contribution in [3.8, 4) is 5.75 Å². The zero-order chi connectivity index (χ0) is 19.4. The number of aromatic nitrogens is 2. The van der Waals surface area contributed by atoms with Crippen LogP contribution < -0.4 is 10.1 Å². The van der Waals surface area contributed by atoms with Gasteiger partial charge in [-0.25, -0.2) is 0 Å². The standard InChI is InChI=1S/C19H23ClN4O3/c1-12-16(20)17(23-22-12)19(26)24-9-7-14(8-10-24)18(25)21-11-13-3-5-15(27-2)6-4-13/h3-6,14H,7-11H2,1-2H3,(H,21,25)(H,22,23). The van der Waals surface area contributed by atoms with E-state index in [9.17, 15) is 9.59 Å². The average molecular weight is 391 g/mol. The van der Waals surface area contributed by atoms with Gasteiger partial charge in [0.15, 0.2) is 5.69 Å². The van der Waals surface area contributed by atoms with Crippen LogP contribution in [0.15, 0.2) is 24.3 Å². The molecule has 0 bridgehead atoms. The normalized spacial score (nSPS) is 14.9. The lowest BCUT2D eigenvalue weighted by Gasteiger charge is -2.31. The lowest BCUT2D eigenvalue weighted by Crippen LogP contribution is -2.43. The summed E-state index contributed by atoms with van der Waals surface area (Å²) in [6, 6.07) is 7.59. The molecular formula is C19H23ClN4O3. The summed E-state index contributed by atoms with van der Waals surface area (Å²) in [4.78, 5) is 26.6. The Bertz CT molecular complexity index is 811. The number of aromatic amines is 1. The maximum Gasteiger partial charge on any atom is 0.275 e. The summed E-state index contributed by atoms with van der Waals surface area (Å²) in [5, 5.41) is 10.0. The molecule has 27 heavy (non-hydrogen) atoms. The lowest BCUT2D eigenvalue weighted by molar-refractivity contribution is -0.126. The number of H-pyrrole nitrogens is 1. The Labute approximate surface area is 163 Å². The van der Waals surface area contributed by atoms with Crippen LogP contribution in [0.1, 0.15) is 34.6 Å². The lowest BCUT2D eigenvalue weighted by atomic mass is 9.95. The topological polar surface area (TPSA) is 87.3 Å². The quantitative estimate of drug-likeness (QED) is 0.821. The number of halogens is 1. The third-order valence-corrected chi connectivity index (χ3v) is 5.32. The molecule has 0 radical (unpaired) electrons. The van der Waals surface area contributed by atoms with Gasteiger partial charge in [-0.2, -0.15) is 5.10 Å². The minimum atomic E-state index is -0.193. The minimum absolute atomic E-state index is 0.0200. The van der Waals surface area contributed by atoms with Crippen molar-refractivity contribution in [1.82, 2.24) is 20.4 Å². The van der Waals surface area contributed by atoms with Gasteiger partial charge in [-0.1, -0.05) is 23.7 Å². The van der Waals surface area contributed by atoms with Crippen LogP contribution in [0.3, 0.4) is 0 Å². The van der Waals surface area contributed by atoms with Crippen LogP contribution in [0.4, 0.5) is 0 Å². The number of rotatable bonds is 5. The fraction of sp³-hybridized carbons (Fsp3) is 0.421. The Morgan fingerprint density at radius 2 is 1.96 bits per heavy atom. The van der Waals surface area contributed by atoms with Gasteiger partial charge in [-0.05, 0) is 37.5 Å². The monoisotopic (exact) mass is 390 g/mol. The van der Waals surface area contributed by atoms with E-state index < -0.39 is 0 Å². The van der Waals surface area contributed by atoms with Gasteiger partial charge >= 0.3 is 0 Å². The molecule has 1 aromatic heterocycles. The summed E-state index contributed by atoms with van der Waals surface area (Å²) in [5.74, 6) is 0.519. The number of likely N-dealkylation sites (tertiary alicyclic amines) is 1. The summed E-state index contributed by atoms with van der Waals surface area (Å²) in [6.07, 6.45) is 1.25. The van der Waals surface area contributed by atoms with Crippen LogP contribution >= 0.6 is 11.6 Å². The van der Waals surface area contributed by atoms with E-state index in [2.05, 4.69) is 15.5 Å². The van der Waals surface area contributed by atoms with E-state index >= 15 is 0 Å². The van der Waals surface area contributed by atoms with E-state index in [4.69, 9.17) is 16.3 Å². The number of benzene rings is 1. The molecule has 1 saturated heterocycles. The molecule has 7 nitrogen and oxygen atoms in total. The third-order valence-electron chi connectivity index (χ3n) is 4.85. The first-order chi connectivity index (χ1) is 13.0. The van der Waals surface area contributed by atoms with Crippen molar-refractivity contribution < 1.29 is 14.3 Å². The maximum absolute atomic E-state index is 12.5. The third kappa shape index (κ3) is 4.42. The SMILES string of the molecule is COc1ccc(CNC(=O)C2CCN(C(=O)c3n[nH]c(C)c3Cl)CC2)cc1. The summed E-state index contributed by atoms with van der Waals surface area (Å²) < 4.78 is 5.13. The number of aryl methyl sites for hydroxylation is 1. The molecule has 2 N–H and O–H groups in total. The van der Waals surface area contributed by atoms with E-state index in [1.165, 1.54) is 0 Å². The van der Waals surface area contributed by atoms with Crippen molar-refractivity contribution in [3.05, 3.63) is 46.2 Å². The Kier molecular flexibility index (Phi) is 6.01. The maximum atomic E-state index is 12.5. The molecule has 2 aromatic rings. The molecule has 1 aliphatic rings. The zero-order valence-electron chi connectivity index (χ0n) is 15.4. The van der Waals surface area contributed by atoms with Gasteiger partial charge in [-0.3, -0.25) is 14.7 Å². The number of carbonyl (C=O) groups excluding carboxylic acids is 2. The van der Waals surface area contributed by atoms with Gasteiger partial charge in [0.2, 0.25) is 5.91 Å². The number of hydrogen-bond acceptors (Lipinski definition) is 4. The van der Waals surface area contributed by atoms with Gasteiger partial charge < -0.3 is 15.0 Å². The summed E-state index contributed by atoms with van der Waals surface area (Å²) in [5.41, 5.74) is 1.93. The highest BCUT2D eigenvalue weighted by atomic mass is 35.5. The number of piperidine rings is 1. The second kappa shape index (κ2) is 8.43. The predicted octanol–water partition coefficient (Wildman–Crippen LogP) is 2.55. The number of nitrogens with one attached hydrogen (secondary N) is 2. The molecule has 0 unspecified atom stereocenters. The Morgan fingerprint density at radius 3 is 2.52 bits per heavy atom. The first-order valence-electron chi connectivity index (χ1n) is 8.90. The van der Waals surface area contributed by atoms with Crippen molar-refractivity contribution in [1.29, 1.82) is 0 Å². The number of nitrogens with zero attached hydrogens (tertiary/aromatic N) is 2. The van der Waals surface area contributed by atoms with Crippen LogP contribution in [-0.2, 0) is 11.3 Å². The van der Waals surface area contributed by atoms with Crippen molar-refractivity contribution >= 4 is 23.4 Å². The van der Waals surface area contributed by atoms with Crippen molar-refractivity contribution in [2.45, 2.75) is 26.3 Å². The number of hydrogen-bond donors (Lipinski definition) is 2. The molecule has 3 rings (SSSR count). The molecule has 1 fully saturated rings. The van der Waals surface area contributed by atoms with Gasteiger partial charge in [0, 0.05) is 25.6 Å². The van der Waals surface area contributed by atoms with E-state index in [1.54, 1.807) is 18.9 Å². The molecule has 0 aliphatic carbocycles. The number of methoxy groups -OCH3 is 1. The number of amides is 2. The summed E-state index contributed by atoms with van der Waals surface area (Å²) >= 11 is 6.11. The number of ether oxygens (including phenoxy) is 1. The molecule has 2 amide bonds. The second-order valence-electron chi connectivity index (χ2n) is 6.64. The Morgan fingerprint density at radius 1 is 1.30 bits per heavy atom. The molecule has 0 saturated carbocycles. The second-order valence-corrected chi connectivity index (χ2v) is 7.02. The molecule has 2 heterocycles. The van der Waals surface area contributed by atoms with Crippen LogP contribution in [0.2, 0.25) is 5.02 Å². The minimum Gasteiger partial charge on any atom is -0.497 e. The van der Waals surface area contributed by atoms with Crippen LogP contribution in [0.25, 0.3) is 0 Å². The average Bonchev–Trinajstić information content (AvgIpc) is 3.04. The molecule has 144 valence electrons.